The van der Waals surface area contributed by atoms with E-state index in [-0.39, 0.29) is 0 Å². The van der Waals surface area contributed by atoms with Gasteiger partial charge >= 0.3 is 0 Å². The Morgan fingerprint density at radius 1 is 1.50 bits per heavy atom. The molecule has 1 nitrogen and oxygen atoms in total. The monoisotopic (exact) mass is 187 g/mol. The molecule has 0 unspecified atom stereocenters. The molecule has 0 saturated heterocycles. The number of nitrogens with one attached hydrogen (secondary N) is 1. The predicted octanol–water partition coefficient (Wildman–Crippen LogP) is 2.54. The van der Waals surface area contributed by atoms with Gasteiger partial charge in [0.25, 0.3) is 0 Å². The van der Waals surface area contributed by atoms with Gasteiger partial charge in [0, 0.05) is 6.04 Å². The molecular weight excluding hydrogens is 166 g/mol. The lowest BCUT2D eigenvalue weighted by molar-refractivity contribution is 0.559. The lowest BCUT2D eigenvalue weighted by Crippen LogP contribution is -2.29. The Morgan fingerprint density at radius 2 is 2.08 bits per heavy atom. The van der Waals surface area contributed by atoms with E-state index in [1.807, 2.05) is 18.8 Å². The molecule has 0 aromatic carbocycles. The van der Waals surface area contributed by atoms with Crippen molar-refractivity contribution in [3.8, 4) is 0 Å². The Kier molecular flexibility index (Phi) is 6.58. The van der Waals surface area contributed by atoms with E-state index in [0.717, 1.165) is 0 Å². The Morgan fingerprint density at radius 3 is 2.42 bits per heavy atom. The average Bonchev–Trinajstić information content (AvgIpc) is 2.05. The summed E-state index contributed by atoms with van der Waals surface area (Å²) in [6, 6.07) is 0.498. The van der Waals surface area contributed by atoms with Gasteiger partial charge in [-0.15, -0.1) is 0 Å². The summed E-state index contributed by atoms with van der Waals surface area (Å²) in [5, 5.41) is 3.31. The van der Waals surface area contributed by atoms with Crippen molar-refractivity contribution in [2.45, 2.75) is 26.3 Å². The molecular formula is C10H21NS. The van der Waals surface area contributed by atoms with Crippen LogP contribution >= 0.6 is 11.8 Å². The smallest absolute Gasteiger partial charge is 0.0284 e. The Labute approximate surface area is 81.0 Å². The zero-order valence-corrected chi connectivity index (χ0v) is 9.50. The number of likely N-dealkylation sites (N-methyl/N-ethyl adjacent to an activating group) is 1. The van der Waals surface area contributed by atoms with Crippen LogP contribution in [0.5, 0.6) is 0 Å². The molecule has 0 saturated carbocycles. The van der Waals surface area contributed by atoms with E-state index >= 15 is 0 Å². The molecule has 0 aliphatic heterocycles. The Balaban J connectivity index is 3.88. The van der Waals surface area contributed by atoms with Crippen molar-refractivity contribution >= 4 is 11.8 Å². The summed E-state index contributed by atoms with van der Waals surface area (Å²) in [5.41, 5.74) is 1.33. The summed E-state index contributed by atoms with van der Waals surface area (Å²) in [7, 11) is 2.01. The highest BCUT2D eigenvalue weighted by Gasteiger charge is 2.11. The lowest BCUT2D eigenvalue weighted by atomic mass is 9.96. The fourth-order valence-corrected chi connectivity index (χ4v) is 1.62. The van der Waals surface area contributed by atoms with Crippen LogP contribution in [0, 0.1) is 5.92 Å². The fraction of sp³-hybridized carbons (Fsp3) is 0.800. The number of hydrogen-bond acceptors (Lipinski definition) is 2. The second-order valence-electron chi connectivity index (χ2n) is 3.35. The van der Waals surface area contributed by atoms with Gasteiger partial charge in [-0.1, -0.05) is 26.0 Å². The standard InChI is InChI=1S/C10H21NS/c1-8(2)9(3)10(11-4)6-7-12-5/h8,10-11H,3,6-7H2,1-2,4-5H3/t10-/m0/s1. The van der Waals surface area contributed by atoms with Gasteiger partial charge < -0.3 is 5.32 Å². The van der Waals surface area contributed by atoms with Gasteiger partial charge in [0.05, 0.1) is 0 Å². The van der Waals surface area contributed by atoms with Crippen LogP contribution in [0.4, 0.5) is 0 Å². The van der Waals surface area contributed by atoms with Crippen molar-refractivity contribution < 1.29 is 0 Å². The van der Waals surface area contributed by atoms with Gasteiger partial charge in [0.15, 0.2) is 0 Å². The molecule has 2 heteroatoms. The van der Waals surface area contributed by atoms with Gasteiger partial charge in [-0.05, 0) is 31.4 Å². The van der Waals surface area contributed by atoms with Gasteiger partial charge in [-0.3, -0.25) is 0 Å². The van der Waals surface area contributed by atoms with Crippen molar-refractivity contribution in [1.29, 1.82) is 0 Å². The molecule has 0 radical (unpaired) electrons. The molecule has 1 N–H and O–H groups in total. The van der Waals surface area contributed by atoms with Crippen LogP contribution in [0.3, 0.4) is 0 Å². The van der Waals surface area contributed by atoms with Gasteiger partial charge in [-0.25, -0.2) is 0 Å². The first-order valence-electron chi connectivity index (χ1n) is 4.48. The molecule has 0 spiro atoms. The van der Waals surface area contributed by atoms with E-state index in [1.165, 1.54) is 17.7 Å². The maximum absolute atomic E-state index is 4.11. The summed E-state index contributed by atoms with van der Waals surface area (Å²) in [4.78, 5) is 0. The van der Waals surface area contributed by atoms with Gasteiger partial charge in [-0.2, -0.15) is 11.8 Å². The van der Waals surface area contributed by atoms with Crippen LogP contribution in [0.2, 0.25) is 0 Å². The molecule has 0 bridgehead atoms. The molecule has 0 fully saturated rings. The fourth-order valence-electron chi connectivity index (χ4n) is 1.15. The SMILES string of the molecule is C=C(C(C)C)[C@H](CCSC)NC. The van der Waals surface area contributed by atoms with E-state index in [0.29, 0.717) is 12.0 Å². The van der Waals surface area contributed by atoms with Crippen LogP contribution in [0.25, 0.3) is 0 Å². The predicted molar refractivity (Wildman–Crippen MR) is 59.8 cm³/mol. The largest absolute Gasteiger partial charge is 0.313 e. The van der Waals surface area contributed by atoms with Crippen LogP contribution < -0.4 is 5.32 Å². The minimum Gasteiger partial charge on any atom is -0.313 e. The number of hydrogen-bond donors (Lipinski definition) is 1. The second-order valence-corrected chi connectivity index (χ2v) is 4.34. The first-order chi connectivity index (χ1) is 5.63. The average molecular weight is 187 g/mol. The minimum atomic E-state index is 0.498. The van der Waals surface area contributed by atoms with Crippen LogP contribution in [0.1, 0.15) is 20.3 Å². The topological polar surface area (TPSA) is 12.0 Å². The summed E-state index contributed by atoms with van der Waals surface area (Å²) < 4.78 is 0. The Bertz CT molecular complexity index is 132. The lowest BCUT2D eigenvalue weighted by Gasteiger charge is -2.21. The first kappa shape index (κ1) is 12.0. The van der Waals surface area contributed by atoms with Crippen LogP contribution in [0.15, 0.2) is 12.2 Å². The molecule has 0 aromatic heterocycles. The highest BCUT2D eigenvalue weighted by Crippen LogP contribution is 2.15. The molecule has 0 amide bonds. The third-order valence-electron chi connectivity index (χ3n) is 2.15. The van der Waals surface area contributed by atoms with Crippen LogP contribution in [-0.4, -0.2) is 25.1 Å². The Hall–Kier alpha value is 0.0500. The maximum atomic E-state index is 4.11. The number of rotatable bonds is 6. The normalized spacial score (nSPS) is 13.4. The summed E-state index contributed by atoms with van der Waals surface area (Å²) in [5.74, 6) is 1.79. The minimum absolute atomic E-state index is 0.498. The quantitative estimate of drug-likeness (QED) is 0.641. The zero-order chi connectivity index (χ0) is 9.56. The van der Waals surface area contributed by atoms with Crippen molar-refractivity contribution in [2.75, 3.05) is 19.1 Å². The molecule has 0 aliphatic carbocycles. The second kappa shape index (κ2) is 6.55. The molecule has 1 atom stereocenters. The van der Waals surface area contributed by atoms with E-state index in [9.17, 15) is 0 Å². The summed E-state index contributed by atoms with van der Waals surface area (Å²) in [6.07, 6.45) is 3.33. The third kappa shape index (κ3) is 4.17. The highest BCUT2D eigenvalue weighted by molar-refractivity contribution is 7.98. The molecule has 72 valence electrons. The van der Waals surface area contributed by atoms with Crippen molar-refractivity contribution in [1.82, 2.24) is 5.32 Å². The van der Waals surface area contributed by atoms with Crippen molar-refractivity contribution in [3.63, 3.8) is 0 Å². The molecule has 0 heterocycles. The zero-order valence-electron chi connectivity index (χ0n) is 8.68. The molecule has 0 aliphatic rings. The van der Waals surface area contributed by atoms with Gasteiger partial charge in [0.1, 0.15) is 0 Å². The number of thioether (sulfide) groups is 1. The van der Waals surface area contributed by atoms with E-state index in [1.54, 1.807) is 0 Å². The molecule has 0 aromatic rings. The van der Waals surface area contributed by atoms with Gasteiger partial charge in [0.2, 0.25) is 0 Å². The highest BCUT2D eigenvalue weighted by atomic mass is 32.2. The van der Waals surface area contributed by atoms with E-state index in [4.69, 9.17) is 0 Å². The van der Waals surface area contributed by atoms with Crippen LogP contribution in [-0.2, 0) is 0 Å². The first-order valence-corrected chi connectivity index (χ1v) is 5.87. The van der Waals surface area contributed by atoms with Crippen molar-refractivity contribution in [3.05, 3.63) is 12.2 Å². The summed E-state index contributed by atoms with van der Waals surface area (Å²) >= 11 is 1.89. The molecule has 0 rings (SSSR count). The summed E-state index contributed by atoms with van der Waals surface area (Å²) in [6.45, 7) is 8.51. The molecule has 12 heavy (non-hydrogen) atoms. The van der Waals surface area contributed by atoms with Crippen molar-refractivity contribution in [2.24, 2.45) is 5.92 Å². The van der Waals surface area contributed by atoms with E-state index in [2.05, 4.69) is 32.0 Å². The van der Waals surface area contributed by atoms with E-state index < -0.39 is 0 Å². The third-order valence-corrected chi connectivity index (χ3v) is 2.79. The maximum Gasteiger partial charge on any atom is 0.0284 e.